The Kier molecular flexibility index (Phi) is 1.66. The van der Waals surface area contributed by atoms with Gasteiger partial charge in [-0.1, -0.05) is 0 Å². The van der Waals surface area contributed by atoms with E-state index in [0.29, 0.717) is 5.71 Å². The third kappa shape index (κ3) is 1.18. The summed E-state index contributed by atoms with van der Waals surface area (Å²) in [6.07, 6.45) is 0. The van der Waals surface area contributed by atoms with Crippen molar-refractivity contribution in [3.05, 3.63) is 0 Å². The van der Waals surface area contributed by atoms with Crippen LogP contribution in [-0.2, 0) is 0 Å². The predicted molar refractivity (Wildman–Crippen MR) is 53.7 cm³/mol. The fourth-order valence-corrected chi connectivity index (χ4v) is 1.16. The predicted octanol–water partition coefficient (Wildman–Crippen LogP) is -0.510. The minimum Gasteiger partial charge on any atom is -0.492 e. The second-order valence-corrected chi connectivity index (χ2v) is 2.88. The molecule has 0 saturated carbocycles. The van der Waals surface area contributed by atoms with Gasteiger partial charge in [0.25, 0.3) is 0 Å². The number of rotatable bonds is 0. The van der Waals surface area contributed by atoms with Gasteiger partial charge in [0.15, 0.2) is 17.7 Å². The number of guanidine groups is 1. The Morgan fingerprint density at radius 2 is 2.07 bits per heavy atom. The lowest BCUT2D eigenvalue weighted by molar-refractivity contribution is 0.562. The lowest BCUT2D eigenvalue weighted by atomic mass is 10.2. The quantitative estimate of drug-likeness (QED) is 0.479. The molecule has 0 fully saturated rings. The van der Waals surface area contributed by atoms with Gasteiger partial charge >= 0.3 is 0 Å². The van der Waals surface area contributed by atoms with Crippen molar-refractivity contribution >= 4 is 29.2 Å². The van der Waals surface area contributed by atoms with Gasteiger partial charge in [0.1, 0.15) is 0 Å². The molecule has 0 aromatic carbocycles. The number of nitrogens with zero attached hydrogens (tertiary/aromatic N) is 4. The topological polar surface area (TPSA) is 120 Å². The van der Waals surface area contributed by atoms with E-state index in [2.05, 4.69) is 20.0 Å². The number of amidine groups is 2. The molecule has 0 amide bonds. The first-order valence-electron chi connectivity index (χ1n) is 3.91. The van der Waals surface area contributed by atoms with Crippen LogP contribution in [0.25, 0.3) is 0 Å². The van der Waals surface area contributed by atoms with Crippen molar-refractivity contribution in [2.75, 3.05) is 0 Å². The third-order valence-electron chi connectivity index (χ3n) is 1.83. The summed E-state index contributed by atoms with van der Waals surface area (Å²) in [4.78, 5) is 15.2. The molecule has 1 unspecified atom stereocenters. The van der Waals surface area contributed by atoms with Crippen LogP contribution in [0.4, 0.5) is 0 Å². The van der Waals surface area contributed by atoms with Crippen molar-refractivity contribution < 1.29 is 5.11 Å². The van der Waals surface area contributed by atoms with Crippen molar-refractivity contribution in [2.45, 2.75) is 13.0 Å². The lowest BCUT2D eigenvalue weighted by Gasteiger charge is -2.19. The van der Waals surface area contributed by atoms with Crippen molar-refractivity contribution in [3.63, 3.8) is 0 Å². The molecule has 2 aliphatic heterocycles. The van der Waals surface area contributed by atoms with Crippen LogP contribution in [0, 0.1) is 5.41 Å². The van der Waals surface area contributed by atoms with E-state index in [1.807, 2.05) is 0 Å². The Morgan fingerprint density at radius 3 is 2.79 bits per heavy atom. The minimum atomic E-state index is -0.627. The summed E-state index contributed by atoms with van der Waals surface area (Å²) in [6.45, 7) is 1.60. The van der Waals surface area contributed by atoms with Crippen LogP contribution >= 0.6 is 0 Å². The van der Waals surface area contributed by atoms with Crippen LogP contribution < -0.4 is 5.73 Å². The second kappa shape index (κ2) is 2.72. The molecule has 1 atom stereocenters. The van der Waals surface area contributed by atoms with Crippen molar-refractivity contribution in [1.29, 1.82) is 5.41 Å². The Labute approximate surface area is 79.3 Å². The zero-order valence-corrected chi connectivity index (χ0v) is 7.39. The zero-order chi connectivity index (χ0) is 10.3. The molecule has 0 aliphatic carbocycles. The number of aliphatic hydroxyl groups excluding tert-OH is 1. The highest BCUT2D eigenvalue weighted by atomic mass is 16.3. The van der Waals surface area contributed by atoms with Crippen LogP contribution in [0.3, 0.4) is 0 Å². The molecule has 0 bridgehead atoms. The monoisotopic (exact) mass is 192 g/mol. The number of aliphatic hydroxyl groups is 1. The summed E-state index contributed by atoms with van der Waals surface area (Å²) < 4.78 is 0. The summed E-state index contributed by atoms with van der Waals surface area (Å²) in [5, 5.41) is 16.8. The molecule has 2 aliphatic rings. The van der Waals surface area contributed by atoms with E-state index >= 15 is 0 Å². The van der Waals surface area contributed by atoms with Gasteiger partial charge in [-0.05, 0) is 6.92 Å². The van der Waals surface area contributed by atoms with Gasteiger partial charge in [-0.15, -0.1) is 0 Å². The minimum absolute atomic E-state index is 0.0110. The van der Waals surface area contributed by atoms with Crippen LogP contribution in [0.1, 0.15) is 6.92 Å². The summed E-state index contributed by atoms with van der Waals surface area (Å²) in [7, 11) is 0. The highest BCUT2D eigenvalue weighted by Crippen LogP contribution is 2.11. The average molecular weight is 192 g/mol. The molecule has 0 radical (unpaired) electrons. The largest absolute Gasteiger partial charge is 0.492 e. The lowest BCUT2D eigenvalue weighted by Crippen LogP contribution is -2.38. The van der Waals surface area contributed by atoms with Crippen molar-refractivity contribution in [3.8, 4) is 0 Å². The van der Waals surface area contributed by atoms with Crippen molar-refractivity contribution in [2.24, 2.45) is 25.7 Å². The Bertz CT molecular complexity index is 429. The molecule has 2 heterocycles. The van der Waals surface area contributed by atoms with E-state index < -0.39 is 6.04 Å². The smallest absolute Gasteiger partial charge is 0.234 e. The summed E-state index contributed by atoms with van der Waals surface area (Å²) in [6, 6.07) is -0.627. The average Bonchev–Trinajstić information content (AvgIpc) is 2.08. The molecular formula is C7H8N6O. The highest BCUT2D eigenvalue weighted by Gasteiger charge is 2.29. The van der Waals surface area contributed by atoms with E-state index in [9.17, 15) is 5.11 Å². The fourth-order valence-electron chi connectivity index (χ4n) is 1.16. The summed E-state index contributed by atoms with van der Waals surface area (Å²) in [5.41, 5.74) is 5.70. The van der Waals surface area contributed by atoms with Gasteiger partial charge in [0.2, 0.25) is 11.9 Å². The number of nitrogens with one attached hydrogen (secondary N) is 1. The number of aliphatic imine (C=N–C) groups is 4. The molecule has 0 spiro atoms. The van der Waals surface area contributed by atoms with Crippen LogP contribution in [0.5, 0.6) is 0 Å². The number of hydrogen-bond acceptors (Lipinski definition) is 5. The standard InChI is InChI=1S/C7H8N6O/c1-2-6(14)12-5-3(10-2)4(8)11-7(9)13-5/h3H,1H3,(H4,8,9,11,12,13,14). The summed E-state index contributed by atoms with van der Waals surface area (Å²) in [5.74, 6) is -0.0243. The van der Waals surface area contributed by atoms with Gasteiger partial charge < -0.3 is 10.8 Å². The first kappa shape index (κ1) is 8.54. The molecule has 7 nitrogen and oxygen atoms in total. The number of fused-ring (bicyclic) bond motifs is 1. The third-order valence-corrected chi connectivity index (χ3v) is 1.83. The van der Waals surface area contributed by atoms with Crippen molar-refractivity contribution in [1.82, 2.24) is 0 Å². The van der Waals surface area contributed by atoms with Gasteiger partial charge in [0.05, 0.1) is 5.71 Å². The Hall–Kier alpha value is -2.05. The maximum Gasteiger partial charge on any atom is 0.234 e. The van der Waals surface area contributed by atoms with Crippen LogP contribution in [0.2, 0.25) is 0 Å². The van der Waals surface area contributed by atoms with E-state index in [-0.39, 0.29) is 23.5 Å². The van der Waals surface area contributed by atoms with Crippen LogP contribution in [-0.4, -0.2) is 40.4 Å². The molecule has 0 aromatic rings. The van der Waals surface area contributed by atoms with Gasteiger partial charge in [-0.25, -0.2) is 0 Å². The molecule has 14 heavy (non-hydrogen) atoms. The summed E-state index contributed by atoms with van der Waals surface area (Å²) >= 11 is 0. The first-order chi connectivity index (χ1) is 6.58. The molecule has 0 aromatic heterocycles. The number of nitrogens with two attached hydrogens (primary N) is 1. The van der Waals surface area contributed by atoms with E-state index in [0.717, 1.165) is 0 Å². The first-order valence-corrected chi connectivity index (χ1v) is 3.91. The molecule has 7 heteroatoms. The highest BCUT2D eigenvalue weighted by molar-refractivity contribution is 6.42. The fraction of sp³-hybridized carbons (Fsp3) is 0.286. The van der Waals surface area contributed by atoms with E-state index in [4.69, 9.17) is 11.1 Å². The zero-order valence-electron chi connectivity index (χ0n) is 7.39. The van der Waals surface area contributed by atoms with E-state index in [1.54, 1.807) is 6.92 Å². The van der Waals surface area contributed by atoms with E-state index in [1.165, 1.54) is 0 Å². The molecular weight excluding hydrogens is 184 g/mol. The van der Waals surface area contributed by atoms with Crippen LogP contribution in [0.15, 0.2) is 20.0 Å². The van der Waals surface area contributed by atoms with Gasteiger partial charge in [0, 0.05) is 0 Å². The molecule has 0 saturated heterocycles. The molecule has 2 rings (SSSR count). The maximum absolute atomic E-state index is 9.28. The second-order valence-electron chi connectivity index (χ2n) is 2.88. The maximum atomic E-state index is 9.28. The normalized spacial score (nSPS) is 25.8. The Balaban J connectivity index is 2.49. The number of hydrogen-bond donors (Lipinski definition) is 3. The molecule has 72 valence electrons. The van der Waals surface area contributed by atoms with Gasteiger partial charge in [-0.3, -0.25) is 10.4 Å². The van der Waals surface area contributed by atoms with Gasteiger partial charge in [-0.2, -0.15) is 15.0 Å². The Morgan fingerprint density at radius 1 is 1.36 bits per heavy atom. The SMILES string of the molecule is CC1=NC2C(=N)N=C(N)N=C2N=C1O. The molecule has 4 N–H and O–H groups in total.